The van der Waals surface area contributed by atoms with Gasteiger partial charge in [-0.1, -0.05) is 170 Å². The fourth-order valence-electron chi connectivity index (χ4n) is 8.17. The van der Waals surface area contributed by atoms with Crippen molar-refractivity contribution in [3.63, 3.8) is 0 Å². The second-order valence-electron chi connectivity index (χ2n) is 15.3. The van der Waals surface area contributed by atoms with Crippen LogP contribution in [0.4, 0.5) is 17.1 Å². The van der Waals surface area contributed by atoms with Crippen LogP contribution >= 0.6 is 0 Å². The Morgan fingerprint density at radius 2 is 0.613 bits per heavy atom. The molecule has 2 aromatic heterocycles. The summed E-state index contributed by atoms with van der Waals surface area (Å²) in [6.45, 7) is 0. The van der Waals surface area contributed by atoms with Crippen LogP contribution in [0.25, 0.3) is 89.5 Å². The van der Waals surface area contributed by atoms with Gasteiger partial charge in [0.15, 0.2) is 17.5 Å². The van der Waals surface area contributed by atoms with Crippen molar-refractivity contribution in [2.24, 2.45) is 0 Å². The number of anilines is 3. The molecule has 0 amide bonds. The zero-order valence-electron chi connectivity index (χ0n) is 33.6. The van der Waals surface area contributed by atoms with Crippen molar-refractivity contribution in [3.05, 3.63) is 231 Å². The second kappa shape index (κ2) is 16.0. The zero-order valence-corrected chi connectivity index (χ0v) is 33.6. The topological polar surface area (TPSA) is 55.1 Å². The van der Waals surface area contributed by atoms with Gasteiger partial charge in [0.05, 0.1) is 0 Å². The van der Waals surface area contributed by atoms with E-state index in [0.29, 0.717) is 17.5 Å². The highest BCUT2D eigenvalue weighted by atomic mass is 16.3. The molecule has 11 rings (SSSR count). The lowest BCUT2D eigenvalue weighted by atomic mass is 10.0. The quantitative estimate of drug-likeness (QED) is 0.146. The third kappa shape index (κ3) is 7.18. The highest BCUT2D eigenvalue weighted by Gasteiger charge is 2.17. The molecule has 0 atom stereocenters. The molecule has 9 aromatic carbocycles. The van der Waals surface area contributed by atoms with Crippen LogP contribution in [-0.4, -0.2) is 15.0 Å². The second-order valence-corrected chi connectivity index (χ2v) is 15.3. The highest BCUT2D eigenvalue weighted by Crippen LogP contribution is 2.40. The molecule has 0 bridgehead atoms. The Kier molecular flexibility index (Phi) is 9.45. The van der Waals surface area contributed by atoms with Crippen molar-refractivity contribution in [2.45, 2.75) is 0 Å². The number of hydrogen-bond acceptors (Lipinski definition) is 5. The Balaban J connectivity index is 0.956. The van der Waals surface area contributed by atoms with Crippen molar-refractivity contribution in [1.82, 2.24) is 15.0 Å². The van der Waals surface area contributed by atoms with E-state index in [1.54, 1.807) is 0 Å². The van der Waals surface area contributed by atoms with E-state index in [-0.39, 0.29) is 0 Å². The van der Waals surface area contributed by atoms with E-state index in [9.17, 15) is 0 Å². The molecule has 0 saturated heterocycles. The molecule has 0 spiro atoms. The van der Waals surface area contributed by atoms with Gasteiger partial charge in [0.1, 0.15) is 11.2 Å². The fraction of sp³-hybridized carbons (Fsp3) is 0. The minimum atomic E-state index is 0.589. The van der Waals surface area contributed by atoms with Gasteiger partial charge in [-0.2, -0.15) is 0 Å². The molecule has 0 saturated carbocycles. The first-order valence-electron chi connectivity index (χ1n) is 20.8. The van der Waals surface area contributed by atoms with Gasteiger partial charge in [0, 0.05) is 44.5 Å². The number of furan rings is 1. The molecule has 62 heavy (non-hydrogen) atoms. The summed E-state index contributed by atoms with van der Waals surface area (Å²) >= 11 is 0. The average Bonchev–Trinajstić information content (AvgIpc) is 3.73. The Morgan fingerprint density at radius 3 is 1.10 bits per heavy atom. The molecule has 11 aromatic rings. The van der Waals surface area contributed by atoms with E-state index in [0.717, 1.165) is 66.8 Å². The molecule has 2 heterocycles. The van der Waals surface area contributed by atoms with Gasteiger partial charge >= 0.3 is 0 Å². The molecular formula is C57H38N4O. The minimum absolute atomic E-state index is 0.589. The van der Waals surface area contributed by atoms with Gasteiger partial charge in [0.2, 0.25) is 0 Å². The van der Waals surface area contributed by atoms with Crippen molar-refractivity contribution in [1.29, 1.82) is 0 Å². The molecular weight excluding hydrogens is 757 g/mol. The molecule has 5 heteroatoms. The van der Waals surface area contributed by atoms with Gasteiger partial charge in [-0.15, -0.1) is 0 Å². The van der Waals surface area contributed by atoms with E-state index in [1.165, 1.54) is 22.3 Å². The lowest BCUT2D eigenvalue weighted by molar-refractivity contribution is 0.669. The maximum Gasteiger partial charge on any atom is 0.164 e. The fourth-order valence-corrected chi connectivity index (χ4v) is 8.17. The van der Waals surface area contributed by atoms with Gasteiger partial charge < -0.3 is 9.32 Å². The van der Waals surface area contributed by atoms with Crippen LogP contribution in [-0.2, 0) is 0 Å². The van der Waals surface area contributed by atoms with Gasteiger partial charge in [-0.3, -0.25) is 0 Å². The lowest BCUT2D eigenvalue weighted by Crippen LogP contribution is -2.10. The molecule has 292 valence electrons. The van der Waals surface area contributed by atoms with Gasteiger partial charge in [-0.25, -0.2) is 15.0 Å². The predicted octanol–water partition coefficient (Wildman–Crippen LogP) is 15.2. The van der Waals surface area contributed by atoms with Crippen LogP contribution < -0.4 is 4.90 Å². The standard InChI is InChI=1S/C57H38N4O/c1-5-14-39(15-6-1)41-24-30-48(31-25-41)61(49-32-26-42(27-33-49)40-16-7-2-8-17-40)50-23-13-22-45(36-50)46-28-34-51-52-35-29-47(38-54(52)62-53(51)37-46)57-59-55(43-18-9-3-10-19-43)58-56(60-57)44-20-11-4-12-21-44/h1-38H. The summed E-state index contributed by atoms with van der Waals surface area (Å²) < 4.78 is 6.64. The van der Waals surface area contributed by atoms with Crippen LogP contribution in [0.5, 0.6) is 0 Å². The number of benzene rings is 9. The lowest BCUT2D eigenvalue weighted by Gasteiger charge is -2.26. The van der Waals surface area contributed by atoms with Crippen LogP contribution in [0.15, 0.2) is 235 Å². The summed E-state index contributed by atoms with van der Waals surface area (Å²) in [5.41, 5.74) is 14.4. The third-order valence-electron chi connectivity index (χ3n) is 11.3. The van der Waals surface area contributed by atoms with Crippen LogP contribution in [0.3, 0.4) is 0 Å². The van der Waals surface area contributed by atoms with Crippen molar-refractivity contribution in [2.75, 3.05) is 4.90 Å². The summed E-state index contributed by atoms with van der Waals surface area (Å²) in [6.07, 6.45) is 0. The number of nitrogens with zero attached hydrogens (tertiary/aromatic N) is 4. The third-order valence-corrected chi connectivity index (χ3v) is 11.3. The Bertz CT molecular complexity index is 3170. The molecule has 0 radical (unpaired) electrons. The summed E-state index contributed by atoms with van der Waals surface area (Å²) in [4.78, 5) is 17.1. The smallest absolute Gasteiger partial charge is 0.164 e. The SMILES string of the molecule is c1ccc(-c2ccc(N(c3ccc(-c4ccccc4)cc3)c3cccc(-c4ccc5c(c4)oc4cc(-c6nc(-c7ccccc7)nc(-c7ccccc7)n6)ccc45)c3)cc2)cc1. The number of aromatic nitrogens is 3. The molecule has 0 aliphatic heterocycles. The molecule has 0 unspecified atom stereocenters. The Hall–Kier alpha value is -8.41. The van der Waals surface area contributed by atoms with E-state index < -0.39 is 0 Å². The monoisotopic (exact) mass is 794 g/mol. The van der Waals surface area contributed by atoms with E-state index >= 15 is 0 Å². The summed E-state index contributed by atoms with van der Waals surface area (Å²) in [6, 6.07) is 80.1. The zero-order chi connectivity index (χ0) is 41.2. The first-order chi connectivity index (χ1) is 30.7. The number of fused-ring (bicyclic) bond motifs is 3. The maximum atomic E-state index is 6.64. The Morgan fingerprint density at radius 1 is 0.258 bits per heavy atom. The number of rotatable bonds is 9. The average molecular weight is 795 g/mol. The predicted molar refractivity (Wildman–Crippen MR) is 254 cm³/mol. The van der Waals surface area contributed by atoms with Crippen molar-refractivity contribution >= 4 is 39.0 Å². The highest BCUT2D eigenvalue weighted by molar-refractivity contribution is 6.07. The normalized spacial score (nSPS) is 11.2. The maximum absolute atomic E-state index is 6.64. The molecule has 5 nitrogen and oxygen atoms in total. The molecule has 0 aliphatic carbocycles. The molecule has 0 fully saturated rings. The largest absolute Gasteiger partial charge is 0.456 e. The Labute approximate surface area is 359 Å². The first kappa shape index (κ1) is 36.7. The van der Waals surface area contributed by atoms with Crippen LogP contribution in [0, 0.1) is 0 Å². The van der Waals surface area contributed by atoms with Crippen LogP contribution in [0.2, 0.25) is 0 Å². The van der Waals surface area contributed by atoms with Gasteiger partial charge in [-0.05, 0) is 94.0 Å². The van der Waals surface area contributed by atoms with Crippen LogP contribution in [0.1, 0.15) is 0 Å². The van der Waals surface area contributed by atoms with Crippen molar-refractivity contribution in [3.8, 4) is 67.5 Å². The van der Waals surface area contributed by atoms with Gasteiger partial charge in [0.25, 0.3) is 0 Å². The molecule has 0 aliphatic rings. The van der Waals surface area contributed by atoms with E-state index in [4.69, 9.17) is 19.4 Å². The minimum Gasteiger partial charge on any atom is -0.456 e. The number of hydrogen-bond donors (Lipinski definition) is 0. The van der Waals surface area contributed by atoms with Crippen molar-refractivity contribution < 1.29 is 4.42 Å². The summed E-state index contributed by atoms with van der Waals surface area (Å²) in [5, 5.41) is 2.09. The summed E-state index contributed by atoms with van der Waals surface area (Å²) in [7, 11) is 0. The summed E-state index contributed by atoms with van der Waals surface area (Å²) in [5.74, 6) is 1.84. The van der Waals surface area contributed by atoms with E-state index in [1.807, 2.05) is 66.7 Å². The first-order valence-corrected chi connectivity index (χ1v) is 20.8. The van der Waals surface area contributed by atoms with E-state index in [2.05, 4.69) is 169 Å². The molecule has 0 N–H and O–H groups in total.